The fourth-order valence-corrected chi connectivity index (χ4v) is 4.87. The van der Waals surface area contributed by atoms with Crippen molar-refractivity contribution < 1.29 is 38.1 Å². The van der Waals surface area contributed by atoms with Crippen molar-refractivity contribution in [1.29, 1.82) is 0 Å². The highest BCUT2D eigenvalue weighted by Gasteiger charge is 2.50. The van der Waals surface area contributed by atoms with E-state index < -0.39 is 47.5 Å². The molecule has 0 spiro atoms. The number of carbonyl (C=O) groups excluding carboxylic acids is 4. The molecule has 2 aromatic carbocycles. The van der Waals surface area contributed by atoms with Gasteiger partial charge in [0.25, 0.3) is 0 Å². The Hall–Kier alpha value is -3.68. The molecule has 0 radical (unpaired) electrons. The predicted octanol–water partition coefficient (Wildman–Crippen LogP) is 5.16. The van der Waals surface area contributed by atoms with Crippen molar-refractivity contribution in [1.82, 2.24) is 0 Å². The summed E-state index contributed by atoms with van der Waals surface area (Å²) in [6.45, 7) is 10.7. The van der Waals surface area contributed by atoms with Crippen LogP contribution in [0.15, 0.2) is 48.5 Å². The van der Waals surface area contributed by atoms with Crippen molar-refractivity contribution in [3.8, 4) is 0 Å². The molecule has 0 bridgehead atoms. The van der Waals surface area contributed by atoms with Crippen LogP contribution in [0.2, 0.25) is 0 Å². The Morgan fingerprint density at radius 3 is 0.925 bits per heavy atom. The van der Waals surface area contributed by atoms with Gasteiger partial charge in [0, 0.05) is 11.8 Å². The number of benzene rings is 2. The van der Waals surface area contributed by atoms with Crippen LogP contribution in [0.25, 0.3) is 0 Å². The summed E-state index contributed by atoms with van der Waals surface area (Å²) >= 11 is 0. The second-order valence-electron chi connectivity index (χ2n) is 9.21. The van der Waals surface area contributed by atoms with Gasteiger partial charge < -0.3 is 18.9 Å². The molecule has 0 unspecified atom stereocenters. The molecule has 0 aliphatic rings. The van der Waals surface area contributed by atoms with Gasteiger partial charge in [0.15, 0.2) is 11.8 Å². The van der Waals surface area contributed by atoms with E-state index in [0.29, 0.717) is 11.1 Å². The molecule has 2 rings (SSSR count). The molecule has 0 heterocycles. The molecule has 0 N–H and O–H groups in total. The maximum Gasteiger partial charge on any atom is 0.320 e. The standard InChI is InChI=1S/C32H42O8/c1-7-21-13-17-23(18-14-21)25(27(29(33)37-9-3)30(34)38-10-4)26(24-19-15-22(8-2)16-20-24)28(31(35)39-11-5)32(36)40-12-6/h13-20,25-28H,7-12H2,1-6H3/t25-,26-/m0/s1. The predicted molar refractivity (Wildman–Crippen MR) is 151 cm³/mol. The van der Waals surface area contributed by atoms with Gasteiger partial charge in [0.2, 0.25) is 0 Å². The Morgan fingerprint density at radius 2 is 0.725 bits per heavy atom. The van der Waals surface area contributed by atoms with Gasteiger partial charge in [-0.25, -0.2) is 0 Å². The first-order valence-electron chi connectivity index (χ1n) is 14.1. The minimum atomic E-state index is -1.46. The molecule has 0 aliphatic carbocycles. The molecule has 8 heteroatoms. The largest absolute Gasteiger partial charge is 0.465 e. The minimum absolute atomic E-state index is 0.0330. The third-order valence-electron chi connectivity index (χ3n) is 6.81. The number of hydrogen-bond donors (Lipinski definition) is 0. The lowest BCUT2D eigenvalue weighted by atomic mass is 9.68. The summed E-state index contributed by atoms with van der Waals surface area (Å²) in [5.74, 6) is -8.16. The molecule has 0 amide bonds. The van der Waals surface area contributed by atoms with Crippen LogP contribution in [-0.4, -0.2) is 50.3 Å². The first kappa shape index (κ1) is 32.5. The molecule has 218 valence electrons. The van der Waals surface area contributed by atoms with Crippen molar-refractivity contribution >= 4 is 23.9 Å². The second kappa shape index (κ2) is 16.4. The summed E-state index contributed by atoms with van der Waals surface area (Å²) in [7, 11) is 0. The Balaban J connectivity index is 2.97. The van der Waals surface area contributed by atoms with Gasteiger partial charge in [-0.3, -0.25) is 19.2 Å². The zero-order valence-corrected chi connectivity index (χ0v) is 24.4. The normalized spacial score (nSPS) is 12.5. The molecule has 0 fully saturated rings. The zero-order valence-electron chi connectivity index (χ0n) is 24.4. The van der Waals surface area contributed by atoms with Gasteiger partial charge in [0.1, 0.15) is 0 Å². The maximum absolute atomic E-state index is 13.5. The van der Waals surface area contributed by atoms with Crippen molar-refractivity contribution in [3.05, 3.63) is 70.8 Å². The quantitative estimate of drug-likeness (QED) is 0.169. The number of esters is 4. The molecular weight excluding hydrogens is 512 g/mol. The smallest absolute Gasteiger partial charge is 0.320 e. The van der Waals surface area contributed by atoms with E-state index in [1.54, 1.807) is 27.7 Å². The van der Waals surface area contributed by atoms with Gasteiger partial charge in [-0.15, -0.1) is 0 Å². The first-order valence-corrected chi connectivity index (χ1v) is 14.1. The van der Waals surface area contributed by atoms with Gasteiger partial charge in [-0.2, -0.15) is 0 Å². The maximum atomic E-state index is 13.5. The van der Waals surface area contributed by atoms with Crippen LogP contribution in [0.3, 0.4) is 0 Å². The topological polar surface area (TPSA) is 105 Å². The Bertz CT molecular complexity index is 981. The van der Waals surface area contributed by atoms with E-state index in [0.717, 1.165) is 24.0 Å². The van der Waals surface area contributed by atoms with Crippen LogP contribution < -0.4 is 0 Å². The fourth-order valence-electron chi connectivity index (χ4n) is 4.87. The van der Waals surface area contributed by atoms with E-state index in [9.17, 15) is 19.2 Å². The summed E-state index contributed by atoms with van der Waals surface area (Å²) in [5.41, 5.74) is 3.24. The molecule has 2 atom stereocenters. The SMILES string of the molecule is CCOC(=O)C(C(=O)OCC)[C@@H](c1ccc(CC)cc1)[C@H](c1ccc(CC)cc1)C(C(=O)OCC)C(=O)OCC. The van der Waals surface area contributed by atoms with Crippen LogP contribution in [0.5, 0.6) is 0 Å². The molecule has 40 heavy (non-hydrogen) atoms. The summed E-state index contributed by atoms with van der Waals surface area (Å²) < 4.78 is 21.5. The van der Waals surface area contributed by atoms with E-state index in [1.165, 1.54) is 0 Å². The van der Waals surface area contributed by atoms with Gasteiger partial charge in [-0.05, 0) is 62.8 Å². The molecule has 2 aromatic rings. The zero-order chi connectivity index (χ0) is 29.7. The van der Waals surface area contributed by atoms with Crippen LogP contribution >= 0.6 is 0 Å². The monoisotopic (exact) mass is 554 g/mol. The molecule has 0 aromatic heterocycles. The summed E-state index contributed by atoms with van der Waals surface area (Å²) in [6.07, 6.45) is 1.56. The third-order valence-corrected chi connectivity index (χ3v) is 6.81. The Labute approximate surface area is 237 Å². The Kier molecular flexibility index (Phi) is 13.4. The van der Waals surface area contributed by atoms with Crippen molar-refractivity contribution in [2.75, 3.05) is 26.4 Å². The molecule has 0 saturated carbocycles. The van der Waals surface area contributed by atoms with E-state index in [1.807, 2.05) is 62.4 Å². The average molecular weight is 555 g/mol. The first-order chi connectivity index (χ1) is 19.3. The van der Waals surface area contributed by atoms with Gasteiger partial charge in [-0.1, -0.05) is 62.4 Å². The van der Waals surface area contributed by atoms with E-state index in [4.69, 9.17) is 18.9 Å². The Morgan fingerprint density at radius 1 is 0.475 bits per heavy atom. The number of carbonyl (C=O) groups is 4. The highest BCUT2D eigenvalue weighted by molar-refractivity contribution is 5.99. The second-order valence-corrected chi connectivity index (χ2v) is 9.21. The number of ether oxygens (including phenoxy) is 4. The van der Waals surface area contributed by atoms with E-state index >= 15 is 0 Å². The summed E-state index contributed by atoms with van der Waals surface area (Å²) in [4.78, 5) is 54.0. The fraction of sp³-hybridized carbons (Fsp3) is 0.500. The van der Waals surface area contributed by atoms with Crippen LogP contribution in [0.1, 0.15) is 75.6 Å². The molecular formula is C32H42O8. The lowest BCUT2D eigenvalue weighted by molar-refractivity contribution is -0.169. The van der Waals surface area contributed by atoms with Crippen molar-refractivity contribution in [2.45, 2.75) is 66.2 Å². The highest BCUT2D eigenvalue weighted by Crippen LogP contribution is 2.45. The van der Waals surface area contributed by atoms with Crippen LogP contribution in [0, 0.1) is 11.8 Å². The number of rotatable bonds is 15. The molecule has 0 aliphatic heterocycles. The van der Waals surface area contributed by atoms with Crippen LogP contribution in [0.4, 0.5) is 0 Å². The van der Waals surface area contributed by atoms with E-state index in [-0.39, 0.29) is 26.4 Å². The average Bonchev–Trinajstić information content (AvgIpc) is 2.95. The summed E-state index contributed by atoms with van der Waals surface area (Å²) in [6, 6.07) is 14.9. The van der Waals surface area contributed by atoms with Crippen LogP contribution in [-0.2, 0) is 51.0 Å². The highest BCUT2D eigenvalue weighted by atomic mass is 16.6. The molecule has 8 nitrogen and oxygen atoms in total. The van der Waals surface area contributed by atoms with Gasteiger partial charge >= 0.3 is 23.9 Å². The van der Waals surface area contributed by atoms with E-state index in [2.05, 4.69) is 0 Å². The number of hydrogen-bond acceptors (Lipinski definition) is 8. The summed E-state index contributed by atoms with van der Waals surface area (Å²) in [5, 5.41) is 0. The molecule has 0 saturated heterocycles. The van der Waals surface area contributed by atoms with Crippen molar-refractivity contribution in [2.24, 2.45) is 11.8 Å². The number of aryl methyl sites for hydroxylation is 2. The van der Waals surface area contributed by atoms with Gasteiger partial charge in [0.05, 0.1) is 26.4 Å². The lowest BCUT2D eigenvalue weighted by Gasteiger charge is -2.35. The lowest BCUT2D eigenvalue weighted by Crippen LogP contribution is -2.42. The third kappa shape index (κ3) is 8.16. The van der Waals surface area contributed by atoms with Crippen molar-refractivity contribution in [3.63, 3.8) is 0 Å². The minimum Gasteiger partial charge on any atom is -0.465 e.